The van der Waals surface area contributed by atoms with E-state index in [1.165, 1.54) is 30.7 Å². The number of para-hydroxylation sites is 1. The van der Waals surface area contributed by atoms with Crippen molar-refractivity contribution in [3.05, 3.63) is 108 Å². The number of carbonyl (C=O) groups is 2. The first-order valence-corrected chi connectivity index (χ1v) is 15.2. The summed E-state index contributed by atoms with van der Waals surface area (Å²) in [7, 11) is -1.27. The van der Waals surface area contributed by atoms with Crippen LogP contribution in [0.3, 0.4) is 0 Å². The van der Waals surface area contributed by atoms with E-state index in [-0.39, 0.29) is 29.5 Å². The first-order chi connectivity index (χ1) is 21.3. The van der Waals surface area contributed by atoms with Crippen LogP contribution in [-0.2, 0) is 26.0 Å². The number of hydrazine groups is 1. The zero-order valence-corrected chi connectivity index (χ0v) is 25.0. The molecule has 0 radical (unpaired) electrons. The summed E-state index contributed by atoms with van der Waals surface area (Å²) in [5.74, 6) is -0.464. The van der Waals surface area contributed by atoms with Crippen molar-refractivity contribution in [3.8, 4) is 28.4 Å². The van der Waals surface area contributed by atoms with Gasteiger partial charge in [-0.2, -0.15) is 0 Å². The number of hydrogen-bond donors (Lipinski definition) is 2. The Hall–Kier alpha value is -5.29. The van der Waals surface area contributed by atoms with Crippen molar-refractivity contribution in [2.45, 2.75) is 11.3 Å². The average molecular weight is 614 g/mol. The molecule has 1 aliphatic rings. The molecule has 11 heteroatoms. The molecular formula is C33H31N3O7S. The van der Waals surface area contributed by atoms with Crippen LogP contribution in [0.1, 0.15) is 11.1 Å². The third-order valence-corrected chi connectivity index (χ3v) is 8.78. The molecule has 0 aromatic heterocycles. The molecule has 226 valence electrons. The normalized spacial score (nSPS) is 12.5. The van der Waals surface area contributed by atoms with Gasteiger partial charge in [0.2, 0.25) is 0 Å². The van der Waals surface area contributed by atoms with Crippen LogP contribution in [0.5, 0.6) is 17.2 Å². The van der Waals surface area contributed by atoms with Gasteiger partial charge < -0.3 is 14.2 Å². The Morgan fingerprint density at radius 2 is 1.57 bits per heavy atom. The Morgan fingerprint density at radius 3 is 2.30 bits per heavy atom. The number of rotatable bonds is 10. The smallest absolute Gasteiger partial charge is 0.276 e. The fourth-order valence-electron chi connectivity index (χ4n) is 4.82. The molecule has 10 nitrogen and oxygen atoms in total. The number of methoxy groups -OCH3 is 2. The van der Waals surface area contributed by atoms with Crippen LogP contribution in [0.2, 0.25) is 0 Å². The summed E-state index contributed by atoms with van der Waals surface area (Å²) in [5, 5.41) is 0. The van der Waals surface area contributed by atoms with Crippen molar-refractivity contribution in [1.29, 1.82) is 0 Å². The molecule has 0 bridgehead atoms. The van der Waals surface area contributed by atoms with Crippen LogP contribution in [0.25, 0.3) is 17.2 Å². The summed E-state index contributed by atoms with van der Waals surface area (Å²) in [5.41, 5.74) is 8.57. The molecule has 0 atom stereocenters. The van der Waals surface area contributed by atoms with E-state index >= 15 is 0 Å². The van der Waals surface area contributed by atoms with Crippen molar-refractivity contribution >= 4 is 33.6 Å². The molecule has 0 spiro atoms. The first kappa shape index (κ1) is 30.2. The van der Waals surface area contributed by atoms with E-state index in [1.54, 1.807) is 30.3 Å². The van der Waals surface area contributed by atoms with Gasteiger partial charge in [-0.25, -0.2) is 8.42 Å². The number of amides is 2. The van der Waals surface area contributed by atoms with Gasteiger partial charge in [-0.3, -0.25) is 24.7 Å². The maximum atomic E-state index is 13.8. The number of fused-ring (bicyclic) bond motifs is 1. The fourth-order valence-corrected chi connectivity index (χ4v) is 6.53. The van der Waals surface area contributed by atoms with E-state index in [9.17, 15) is 18.0 Å². The maximum absolute atomic E-state index is 13.8. The number of nitrogens with one attached hydrogen (secondary N) is 2. The van der Waals surface area contributed by atoms with Crippen molar-refractivity contribution in [1.82, 2.24) is 10.9 Å². The van der Waals surface area contributed by atoms with Gasteiger partial charge in [-0.15, -0.1) is 0 Å². The highest BCUT2D eigenvalue weighted by atomic mass is 32.2. The predicted octanol–water partition coefficient (Wildman–Crippen LogP) is 4.36. The molecular weight excluding hydrogens is 582 g/mol. The minimum Gasteiger partial charge on any atom is -0.493 e. The molecule has 1 aliphatic heterocycles. The van der Waals surface area contributed by atoms with Crippen LogP contribution in [0.15, 0.2) is 102 Å². The Morgan fingerprint density at radius 1 is 0.864 bits per heavy atom. The standard InChI is InChI=1S/C33H31N3O7S/c1-41-29-20-23(21-30(33(29)42-2)44(39,40)36-19-18-26-10-6-7-11-28(26)36)12-17-31(37)34-35-32(38)22-43-27-15-13-25(14-16-27)24-8-4-3-5-9-24/h3-17,20-21H,18-19,22H2,1-2H3,(H,34,37)(H,35,38). The van der Waals surface area contributed by atoms with Gasteiger partial charge in [-0.05, 0) is 65.1 Å². The molecule has 2 amide bonds. The lowest BCUT2D eigenvalue weighted by molar-refractivity contribution is -0.128. The summed E-state index contributed by atoms with van der Waals surface area (Å²) in [6, 6.07) is 27.5. The van der Waals surface area contributed by atoms with E-state index in [1.807, 2.05) is 54.6 Å². The minimum atomic E-state index is -4.03. The summed E-state index contributed by atoms with van der Waals surface area (Å²) in [6.45, 7) is -0.0246. The second-order valence-electron chi connectivity index (χ2n) is 9.76. The number of hydrogen-bond acceptors (Lipinski definition) is 7. The molecule has 1 heterocycles. The zero-order chi connectivity index (χ0) is 31.1. The van der Waals surface area contributed by atoms with Crippen molar-refractivity contribution in [3.63, 3.8) is 0 Å². The molecule has 2 N–H and O–H groups in total. The molecule has 4 aromatic rings. The van der Waals surface area contributed by atoms with Crippen LogP contribution in [-0.4, -0.2) is 47.6 Å². The predicted molar refractivity (Wildman–Crippen MR) is 167 cm³/mol. The number of carbonyl (C=O) groups excluding carboxylic acids is 2. The molecule has 4 aromatic carbocycles. The van der Waals surface area contributed by atoms with Crippen molar-refractivity contribution in [2.24, 2.45) is 0 Å². The van der Waals surface area contributed by atoms with E-state index in [2.05, 4.69) is 10.9 Å². The Bertz CT molecular complexity index is 1790. The van der Waals surface area contributed by atoms with Gasteiger partial charge in [-0.1, -0.05) is 60.7 Å². The largest absolute Gasteiger partial charge is 0.493 e. The number of benzene rings is 4. The van der Waals surface area contributed by atoms with Gasteiger partial charge in [0, 0.05) is 12.6 Å². The van der Waals surface area contributed by atoms with Crippen LogP contribution < -0.4 is 29.4 Å². The van der Waals surface area contributed by atoms with Crippen molar-refractivity contribution in [2.75, 3.05) is 31.7 Å². The summed E-state index contributed by atoms with van der Waals surface area (Å²) in [6.07, 6.45) is 3.16. The van der Waals surface area contributed by atoms with Gasteiger partial charge in [0.05, 0.1) is 19.9 Å². The fraction of sp³-hybridized carbons (Fsp3) is 0.152. The van der Waals surface area contributed by atoms with Gasteiger partial charge in [0.25, 0.3) is 21.8 Å². The van der Waals surface area contributed by atoms with Crippen molar-refractivity contribution < 1.29 is 32.2 Å². The number of sulfonamides is 1. The lowest BCUT2D eigenvalue weighted by Crippen LogP contribution is -2.43. The van der Waals surface area contributed by atoms with E-state index in [0.29, 0.717) is 23.4 Å². The SMILES string of the molecule is COc1cc(C=CC(=O)NNC(=O)COc2ccc(-c3ccccc3)cc2)cc(S(=O)(=O)N2CCc3ccccc32)c1OC. The lowest BCUT2D eigenvalue weighted by atomic mass is 10.1. The molecule has 5 rings (SSSR count). The average Bonchev–Trinajstić information content (AvgIpc) is 3.51. The molecule has 0 saturated carbocycles. The summed E-state index contributed by atoms with van der Waals surface area (Å²) >= 11 is 0. The quantitative estimate of drug-likeness (QED) is 0.201. The van der Waals surface area contributed by atoms with Gasteiger partial charge >= 0.3 is 0 Å². The second kappa shape index (κ2) is 13.3. The first-order valence-electron chi connectivity index (χ1n) is 13.7. The monoisotopic (exact) mass is 613 g/mol. The van der Waals surface area contributed by atoms with E-state index in [4.69, 9.17) is 14.2 Å². The molecule has 0 unspecified atom stereocenters. The van der Waals surface area contributed by atoms with Gasteiger partial charge in [0.15, 0.2) is 18.1 Å². The number of nitrogens with zero attached hydrogens (tertiary/aromatic N) is 1. The van der Waals surface area contributed by atoms with Crippen LogP contribution in [0, 0.1) is 0 Å². The topological polar surface area (TPSA) is 123 Å². The number of ether oxygens (including phenoxy) is 3. The Labute approximate surface area is 255 Å². The molecule has 0 aliphatic carbocycles. The Kier molecular flexibility index (Phi) is 9.15. The highest BCUT2D eigenvalue weighted by molar-refractivity contribution is 7.93. The third kappa shape index (κ3) is 6.68. The highest BCUT2D eigenvalue weighted by Crippen LogP contribution is 2.40. The molecule has 0 saturated heterocycles. The summed E-state index contributed by atoms with van der Waals surface area (Å²) in [4.78, 5) is 24.6. The molecule has 0 fully saturated rings. The summed E-state index contributed by atoms with van der Waals surface area (Å²) < 4.78 is 45.3. The van der Waals surface area contributed by atoms with E-state index in [0.717, 1.165) is 22.8 Å². The van der Waals surface area contributed by atoms with Crippen LogP contribution in [0.4, 0.5) is 5.69 Å². The van der Waals surface area contributed by atoms with Gasteiger partial charge in [0.1, 0.15) is 10.6 Å². The second-order valence-corrected chi connectivity index (χ2v) is 11.6. The zero-order valence-electron chi connectivity index (χ0n) is 24.1. The third-order valence-electron chi connectivity index (χ3n) is 6.96. The minimum absolute atomic E-state index is 0.0560. The Balaban J connectivity index is 1.21. The van der Waals surface area contributed by atoms with E-state index < -0.39 is 21.8 Å². The maximum Gasteiger partial charge on any atom is 0.276 e. The lowest BCUT2D eigenvalue weighted by Gasteiger charge is -2.22. The highest BCUT2D eigenvalue weighted by Gasteiger charge is 2.34. The number of anilines is 1. The molecule has 44 heavy (non-hydrogen) atoms. The van der Waals surface area contributed by atoms with Crippen LogP contribution >= 0.6 is 0 Å².